The average Bonchev–Trinajstić information content (AvgIpc) is 2.60. The Balaban J connectivity index is 0.00000364. The number of ether oxygens (including phenoxy) is 1. The molecule has 0 bridgehead atoms. The Morgan fingerprint density at radius 1 is 1.33 bits per heavy atom. The van der Waals surface area contributed by atoms with E-state index in [1.807, 2.05) is 43.0 Å². The topological polar surface area (TPSA) is 84.7 Å². The summed E-state index contributed by atoms with van der Waals surface area (Å²) in [5.74, 6) is 0.836. The van der Waals surface area contributed by atoms with Gasteiger partial charge in [-0.05, 0) is 50.8 Å². The molecule has 1 unspecified atom stereocenters. The lowest BCUT2D eigenvalue weighted by Gasteiger charge is -2.36. The van der Waals surface area contributed by atoms with E-state index in [1.165, 1.54) is 0 Å². The van der Waals surface area contributed by atoms with Crippen LogP contribution in [0.3, 0.4) is 0 Å². The molecule has 1 atom stereocenters. The first-order chi connectivity index (χ1) is 12.5. The molecule has 2 rings (SSSR count). The van der Waals surface area contributed by atoms with E-state index in [0.717, 1.165) is 37.1 Å². The number of likely N-dealkylation sites (tertiary alicyclic amines) is 1. The van der Waals surface area contributed by atoms with Crippen molar-refractivity contribution in [3.8, 4) is 5.75 Å². The zero-order valence-corrected chi connectivity index (χ0v) is 17.1. The minimum atomic E-state index is -0.0518. The van der Waals surface area contributed by atoms with Crippen LogP contribution in [0.15, 0.2) is 24.3 Å². The van der Waals surface area contributed by atoms with Crippen molar-refractivity contribution >= 4 is 24.2 Å². The maximum atomic E-state index is 12.8. The summed E-state index contributed by atoms with van der Waals surface area (Å²) in [6, 6.07) is 7.77. The number of halogens is 1. The van der Waals surface area contributed by atoms with Gasteiger partial charge in [-0.15, -0.1) is 12.4 Å². The van der Waals surface area contributed by atoms with Crippen molar-refractivity contribution in [3.05, 3.63) is 29.8 Å². The lowest BCUT2D eigenvalue weighted by Crippen LogP contribution is -2.50. The largest absolute Gasteiger partial charge is 0.491 e. The summed E-state index contributed by atoms with van der Waals surface area (Å²) in [6.07, 6.45) is 3.79. The van der Waals surface area contributed by atoms with Gasteiger partial charge in [0.05, 0.1) is 12.5 Å². The van der Waals surface area contributed by atoms with Gasteiger partial charge >= 0.3 is 0 Å². The Bertz CT molecular complexity index is 610. The molecule has 3 N–H and O–H groups in total. The van der Waals surface area contributed by atoms with Crippen LogP contribution in [0.5, 0.6) is 5.75 Å². The van der Waals surface area contributed by atoms with Crippen molar-refractivity contribution in [2.24, 2.45) is 5.73 Å². The summed E-state index contributed by atoms with van der Waals surface area (Å²) >= 11 is 0. The summed E-state index contributed by atoms with van der Waals surface area (Å²) in [7, 11) is 0. The third-order valence-electron chi connectivity index (χ3n) is 4.48. The molecule has 1 aliphatic heterocycles. The molecule has 1 saturated heterocycles. The quantitative estimate of drug-likeness (QED) is 0.704. The second kappa shape index (κ2) is 11.8. The van der Waals surface area contributed by atoms with E-state index in [4.69, 9.17) is 10.5 Å². The second-order valence-corrected chi connectivity index (χ2v) is 7.07. The Hall–Kier alpha value is -1.79. The molecule has 1 aromatic rings. The van der Waals surface area contributed by atoms with Crippen LogP contribution in [-0.4, -0.2) is 48.5 Å². The Kier molecular flexibility index (Phi) is 10.2. The van der Waals surface area contributed by atoms with Crippen LogP contribution in [0.4, 0.5) is 0 Å². The number of nitrogens with zero attached hydrogens (tertiary/aromatic N) is 1. The molecule has 1 fully saturated rings. The van der Waals surface area contributed by atoms with Crippen molar-refractivity contribution in [2.45, 2.75) is 58.1 Å². The number of benzene rings is 1. The van der Waals surface area contributed by atoms with Crippen LogP contribution in [0.25, 0.3) is 0 Å². The molecule has 152 valence electrons. The third kappa shape index (κ3) is 7.77. The standard InChI is InChI=1S/C20H31N3O3.ClH/c1-15(2)26-18-8-5-6-16(12-18)13-20(25)23-11-4-3-7-17(23)14-22-19(24)9-10-21;/h5-6,8,12,15,17H,3-4,7,9-11,13-14,21H2,1-2H3,(H,22,24);1H. The van der Waals surface area contributed by atoms with Gasteiger partial charge < -0.3 is 20.7 Å². The average molecular weight is 398 g/mol. The zero-order valence-electron chi connectivity index (χ0n) is 16.3. The molecule has 27 heavy (non-hydrogen) atoms. The number of piperidine rings is 1. The van der Waals surface area contributed by atoms with E-state index in [-0.39, 0.29) is 36.4 Å². The summed E-state index contributed by atoms with van der Waals surface area (Å²) < 4.78 is 5.71. The summed E-state index contributed by atoms with van der Waals surface area (Å²) in [6.45, 7) is 5.55. The number of rotatable bonds is 8. The molecule has 7 heteroatoms. The molecule has 6 nitrogen and oxygen atoms in total. The van der Waals surface area contributed by atoms with E-state index < -0.39 is 0 Å². The Morgan fingerprint density at radius 2 is 2.11 bits per heavy atom. The lowest BCUT2D eigenvalue weighted by molar-refractivity contribution is -0.134. The summed E-state index contributed by atoms with van der Waals surface area (Å²) in [5, 5.41) is 2.90. The predicted molar refractivity (Wildman–Crippen MR) is 109 cm³/mol. The fraction of sp³-hybridized carbons (Fsp3) is 0.600. The van der Waals surface area contributed by atoms with Crippen LogP contribution in [0, 0.1) is 0 Å². The van der Waals surface area contributed by atoms with Crippen LogP contribution in [0.1, 0.15) is 45.1 Å². The predicted octanol–water partition coefficient (Wildman–Crippen LogP) is 2.28. The van der Waals surface area contributed by atoms with Crippen molar-refractivity contribution in [1.29, 1.82) is 0 Å². The summed E-state index contributed by atoms with van der Waals surface area (Å²) in [5.41, 5.74) is 6.36. The molecule has 0 saturated carbocycles. The third-order valence-corrected chi connectivity index (χ3v) is 4.48. The molecule has 0 radical (unpaired) electrons. The molecule has 1 aliphatic rings. The fourth-order valence-corrected chi connectivity index (χ4v) is 3.27. The molecule has 2 amide bonds. The van der Waals surface area contributed by atoms with Gasteiger partial charge in [0.25, 0.3) is 0 Å². The monoisotopic (exact) mass is 397 g/mol. The van der Waals surface area contributed by atoms with Crippen LogP contribution < -0.4 is 15.8 Å². The van der Waals surface area contributed by atoms with Crippen LogP contribution in [0.2, 0.25) is 0 Å². The number of amides is 2. The first-order valence-electron chi connectivity index (χ1n) is 9.51. The number of carbonyl (C=O) groups excluding carboxylic acids is 2. The van der Waals surface area contributed by atoms with Gasteiger partial charge in [-0.1, -0.05) is 12.1 Å². The van der Waals surface area contributed by atoms with Gasteiger partial charge in [0.2, 0.25) is 11.8 Å². The van der Waals surface area contributed by atoms with Crippen molar-refractivity contribution in [3.63, 3.8) is 0 Å². The molecular formula is C20H32ClN3O3. The molecule has 0 spiro atoms. The molecule has 0 aromatic heterocycles. The minimum absolute atomic E-state index is 0. The second-order valence-electron chi connectivity index (χ2n) is 7.07. The molecule has 1 heterocycles. The van der Waals surface area contributed by atoms with E-state index in [0.29, 0.717) is 25.9 Å². The highest BCUT2D eigenvalue weighted by Gasteiger charge is 2.26. The summed E-state index contributed by atoms with van der Waals surface area (Å²) in [4.78, 5) is 26.4. The number of nitrogens with one attached hydrogen (secondary N) is 1. The van der Waals surface area contributed by atoms with E-state index in [9.17, 15) is 9.59 Å². The molecule has 0 aliphatic carbocycles. The first-order valence-corrected chi connectivity index (χ1v) is 9.51. The fourth-order valence-electron chi connectivity index (χ4n) is 3.27. The zero-order chi connectivity index (χ0) is 18.9. The van der Waals surface area contributed by atoms with Gasteiger partial charge in [0.1, 0.15) is 5.75 Å². The highest BCUT2D eigenvalue weighted by molar-refractivity contribution is 5.85. The van der Waals surface area contributed by atoms with Gasteiger partial charge in [-0.2, -0.15) is 0 Å². The van der Waals surface area contributed by atoms with Gasteiger partial charge in [0, 0.05) is 32.1 Å². The van der Waals surface area contributed by atoms with Crippen LogP contribution in [-0.2, 0) is 16.0 Å². The van der Waals surface area contributed by atoms with Gasteiger partial charge in [0.15, 0.2) is 0 Å². The normalized spacial score (nSPS) is 16.6. The van der Waals surface area contributed by atoms with Crippen molar-refractivity contribution < 1.29 is 14.3 Å². The number of hydrogen-bond donors (Lipinski definition) is 2. The van der Waals surface area contributed by atoms with Crippen molar-refractivity contribution in [1.82, 2.24) is 10.2 Å². The Labute approximate surface area is 168 Å². The van der Waals surface area contributed by atoms with E-state index in [1.54, 1.807) is 0 Å². The number of carbonyl (C=O) groups is 2. The smallest absolute Gasteiger partial charge is 0.227 e. The highest BCUT2D eigenvalue weighted by Crippen LogP contribution is 2.20. The molecular weight excluding hydrogens is 366 g/mol. The SMILES string of the molecule is CC(C)Oc1cccc(CC(=O)N2CCCCC2CNC(=O)CCN)c1.Cl. The van der Waals surface area contributed by atoms with Crippen LogP contribution >= 0.6 is 12.4 Å². The Morgan fingerprint density at radius 3 is 2.81 bits per heavy atom. The van der Waals surface area contributed by atoms with E-state index in [2.05, 4.69) is 5.32 Å². The first kappa shape index (κ1) is 23.2. The number of hydrogen-bond acceptors (Lipinski definition) is 4. The maximum absolute atomic E-state index is 12.8. The maximum Gasteiger partial charge on any atom is 0.227 e. The van der Waals surface area contributed by atoms with Gasteiger partial charge in [-0.25, -0.2) is 0 Å². The molecule has 1 aromatic carbocycles. The van der Waals surface area contributed by atoms with Crippen molar-refractivity contribution in [2.75, 3.05) is 19.6 Å². The number of nitrogens with two attached hydrogens (primary N) is 1. The lowest BCUT2D eigenvalue weighted by atomic mass is 10.0. The van der Waals surface area contributed by atoms with E-state index >= 15 is 0 Å². The highest BCUT2D eigenvalue weighted by atomic mass is 35.5. The minimum Gasteiger partial charge on any atom is -0.491 e. The van der Waals surface area contributed by atoms with Gasteiger partial charge in [-0.3, -0.25) is 9.59 Å².